The first kappa shape index (κ1) is 12.4. The molecule has 5 rings (SSSR count). The molecule has 1 aromatic carbocycles. The summed E-state index contributed by atoms with van der Waals surface area (Å²) in [6, 6.07) is 10.4. The average Bonchev–Trinajstić information content (AvgIpc) is 3.11. The predicted octanol–water partition coefficient (Wildman–Crippen LogP) is 4.58. The maximum Gasteiger partial charge on any atom is 0.139 e. The lowest BCUT2D eigenvalue weighted by Gasteiger charge is -2.26. The first-order valence-electron chi connectivity index (χ1n) is 7.67. The molecule has 0 amide bonds. The third kappa shape index (κ3) is 1.67. The number of thiophene rings is 1. The topological polar surface area (TPSA) is 37.8 Å². The van der Waals surface area contributed by atoms with E-state index in [9.17, 15) is 0 Å². The van der Waals surface area contributed by atoms with E-state index in [1.165, 1.54) is 39.8 Å². The highest BCUT2D eigenvalue weighted by atomic mass is 32.1. The van der Waals surface area contributed by atoms with E-state index in [1.807, 2.05) is 17.4 Å². The summed E-state index contributed by atoms with van der Waals surface area (Å²) in [7, 11) is 0. The van der Waals surface area contributed by atoms with Crippen LogP contribution in [-0.2, 0) is 6.54 Å². The SMILES string of the molecule is C1=C2c3c(sc4ncnc(NCc5ccccc5)c34)C2CC1. The summed E-state index contributed by atoms with van der Waals surface area (Å²) >= 11 is 1.85. The van der Waals surface area contributed by atoms with Gasteiger partial charge < -0.3 is 5.32 Å². The van der Waals surface area contributed by atoms with Crippen LogP contribution in [0.25, 0.3) is 15.8 Å². The Morgan fingerprint density at radius 1 is 1.18 bits per heavy atom. The fourth-order valence-electron chi connectivity index (χ4n) is 3.57. The van der Waals surface area contributed by atoms with Crippen molar-refractivity contribution in [2.75, 3.05) is 5.32 Å². The van der Waals surface area contributed by atoms with Crippen molar-refractivity contribution in [1.82, 2.24) is 9.97 Å². The van der Waals surface area contributed by atoms with Crippen molar-refractivity contribution in [3.05, 3.63) is 58.7 Å². The van der Waals surface area contributed by atoms with Gasteiger partial charge in [0, 0.05) is 22.9 Å². The molecule has 1 atom stereocenters. The monoisotopic (exact) mass is 305 g/mol. The van der Waals surface area contributed by atoms with Crippen molar-refractivity contribution in [3.8, 4) is 0 Å². The number of hydrogen-bond donors (Lipinski definition) is 1. The second-order valence-electron chi connectivity index (χ2n) is 5.87. The van der Waals surface area contributed by atoms with Crippen molar-refractivity contribution in [2.24, 2.45) is 0 Å². The molecule has 2 aliphatic rings. The van der Waals surface area contributed by atoms with Gasteiger partial charge in [-0.15, -0.1) is 11.3 Å². The molecular weight excluding hydrogens is 290 g/mol. The van der Waals surface area contributed by atoms with E-state index in [1.54, 1.807) is 6.33 Å². The highest BCUT2D eigenvalue weighted by Gasteiger charge is 2.39. The minimum atomic E-state index is 0.677. The van der Waals surface area contributed by atoms with Gasteiger partial charge in [-0.1, -0.05) is 36.4 Å². The van der Waals surface area contributed by atoms with Crippen LogP contribution in [0.1, 0.15) is 34.8 Å². The number of nitrogens with zero attached hydrogens (tertiary/aromatic N) is 2. The maximum absolute atomic E-state index is 4.50. The van der Waals surface area contributed by atoms with Gasteiger partial charge in [0.1, 0.15) is 17.0 Å². The van der Waals surface area contributed by atoms with Crippen LogP contribution in [0, 0.1) is 0 Å². The van der Waals surface area contributed by atoms with Crippen LogP contribution in [0.2, 0.25) is 0 Å². The minimum Gasteiger partial charge on any atom is -0.365 e. The molecule has 2 aliphatic carbocycles. The predicted molar refractivity (Wildman–Crippen MR) is 91.1 cm³/mol. The summed E-state index contributed by atoms with van der Waals surface area (Å²) in [5, 5.41) is 4.73. The van der Waals surface area contributed by atoms with Crippen LogP contribution in [0.4, 0.5) is 5.82 Å². The molecule has 1 unspecified atom stereocenters. The van der Waals surface area contributed by atoms with Crippen LogP contribution in [0.15, 0.2) is 42.7 Å². The molecule has 22 heavy (non-hydrogen) atoms. The highest BCUT2D eigenvalue weighted by Crippen LogP contribution is 2.59. The number of fused-ring (bicyclic) bond motifs is 6. The molecule has 0 aliphatic heterocycles. The van der Waals surface area contributed by atoms with Gasteiger partial charge in [0.05, 0.1) is 5.39 Å². The fourth-order valence-corrected chi connectivity index (χ4v) is 4.89. The average molecular weight is 305 g/mol. The first-order valence-corrected chi connectivity index (χ1v) is 8.49. The maximum atomic E-state index is 4.50. The fraction of sp³-hybridized carbons (Fsp3) is 0.222. The largest absolute Gasteiger partial charge is 0.365 e. The number of aromatic nitrogens is 2. The van der Waals surface area contributed by atoms with E-state index in [2.05, 4.69) is 45.6 Å². The van der Waals surface area contributed by atoms with Crippen molar-refractivity contribution in [3.63, 3.8) is 0 Å². The lowest BCUT2D eigenvalue weighted by Crippen LogP contribution is -2.09. The molecule has 0 spiro atoms. The Balaban J connectivity index is 1.56. The van der Waals surface area contributed by atoms with E-state index in [4.69, 9.17) is 0 Å². The third-order valence-electron chi connectivity index (χ3n) is 4.62. The van der Waals surface area contributed by atoms with Crippen LogP contribution in [-0.4, -0.2) is 9.97 Å². The quantitative estimate of drug-likeness (QED) is 0.770. The van der Waals surface area contributed by atoms with Gasteiger partial charge in [0.2, 0.25) is 0 Å². The zero-order chi connectivity index (χ0) is 14.5. The Kier molecular flexibility index (Phi) is 2.61. The molecule has 0 bridgehead atoms. The summed E-state index contributed by atoms with van der Waals surface area (Å²) in [5.74, 6) is 1.65. The molecule has 0 fully saturated rings. The van der Waals surface area contributed by atoms with Gasteiger partial charge in [-0.05, 0) is 24.0 Å². The van der Waals surface area contributed by atoms with Crippen LogP contribution in [0.3, 0.4) is 0 Å². The Morgan fingerprint density at radius 3 is 3.00 bits per heavy atom. The second-order valence-corrected chi connectivity index (χ2v) is 6.90. The summed E-state index contributed by atoms with van der Waals surface area (Å²) in [5.41, 5.74) is 4.21. The van der Waals surface area contributed by atoms with Crippen molar-refractivity contribution in [2.45, 2.75) is 25.3 Å². The lowest BCUT2D eigenvalue weighted by molar-refractivity contribution is 0.797. The Hall–Kier alpha value is -2.20. The third-order valence-corrected chi connectivity index (χ3v) is 5.83. The number of nitrogens with one attached hydrogen (secondary N) is 1. The first-order chi connectivity index (χ1) is 10.9. The van der Waals surface area contributed by atoms with E-state index in [0.29, 0.717) is 5.92 Å². The van der Waals surface area contributed by atoms with Gasteiger partial charge in [-0.25, -0.2) is 9.97 Å². The van der Waals surface area contributed by atoms with Crippen molar-refractivity contribution in [1.29, 1.82) is 0 Å². The Labute approximate surface area is 132 Å². The van der Waals surface area contributed by atoms with E-state index >= 15 is 0 Å². The zero-order valence-corrected chi connectivity index (χ0v) is 12.9. The molecule has 108 valence electrons. The highest BCUT2D eigenvalue weighted by molar-refractivity contribution is 7.19. The molecule has 3 aromatic rings. The standard InChI is InChI=1S/C18H15N3S/c1-2-5-11(6-3-1)9-19-17-15-14-12-7-4-8-13(12)16(14)22-18(15)21-10-20-17/h1-3,5-7,10,13H,4,8-9H2,(H,19,20,21). The molecule has 2 aromatic heterocycles. The van der Waals surface area contributed by atoms with Gasteiger partial charge in [0.25, 0.3) is 0 Å². The molecule has 0 saturated carbocycles. The molecule has 3 nitrogen and oxygen atoms in total. The number of allylic oxidation sites excluding steroid dienone is 2. The molecule has 0 saturated heterocycles. The molecular formula is C18H15N3S. The van der Waals surface area contributed by atoms with E-state index in [0.717, 1.165) is 17.2 Å². The van der Waals surface area contributed by atoms with Crippen molar-refractivity contribution < 1.29 is 0 Å². The van der Waals surface area contributed by atoms with Gasteiger partial charge in [-0.3, -0.25) is 0 Å². The summed E-state index contributed by atoms with van der Waals surface area (Å²) in [6.07, 6.45) is 6.56. The number of anilines is 1. The zero-order valence-electron chi connectivity index (χ0n) is 12.0. The van der Waals surface area contributed by atoms with Gasteiger partial charge in [0.15, 0.2) is 0 Å². The molecule has 0 radical (unpaired) electrons. The summed E-state index contributed by atoms with van der Waals surface area (Å²) in [6.45, 7) is 0.792. The Morgan fingerprint density at radius 2 is 2.09 bits per heavy atom. The van der Waals surface area contributed by atoms with Crippen LogP contribution in [0.5, 0.6) is 0 Å². The van der Waals surface area contributed by atoms with E-state index in [-0.39, 0.29) is 0 Å². The van der Waals surface area contributed by atoms with E-state index < -0.39 is 0 Å². The number of hydrogen-bond acceptors (Lipinski definition) is 4. The number of benzene rings is 1. The van der Waals surface area contributed by atoms with Crippen LogP contribution < -0.4 is 5.32 Å². The lowest BCUT2D eigenvalue weighted by atomic mass is 9.80. The van der Waals surface area contributed by atoms with Crippen molar-refractivity contribution >= 4 is 32.9 Å². The Bertz CT molecular complexity index is 895. The molecule has 2 heterocycles. The molecule has 4 heteroatoms. The smallest absolute Gasteiger partial charge is 0.139 e. The normalized spacial score (nSPS) is 18.5. The van der Waals surface area contributed by atoms with Gasteiger partial charge >= 0.3 is 0 Å². The van der Waals surface area contributed by atoms with Crippen LogP contribution >= 0.6 is 11.3 Å². The second kappa shape index (κ2) is 4.65. The molecule has 1 N–H and O–H groups in total. The summed E-state index contributed by atoms with van der Waals surface area (Å²) in [4.78, 5) is 11.6. The van der Waals surface area contributed by atoms with Gasteiger partial charge in [-0.2, -0.15) is 0 Å². The minimum absolute atomic E-state index is 0.677. The number of rotatable bonds is 3. The summed E-state index contributed by atoms with van der Waals surface area (Å²) < 4.78 is 0.